The Labute approximate surface area is 237 Å². The average Bonchev–Trinajstić information content (AvgIpc) is 3.02. The van der Waals surface area contributed by atoms with Crippen molar-refractivity contribution >= 4 is 17.3 Å². The second-order valence-electron chi connectivity index (χ2n) is 9.28. The topological polar surface area (TPSA) is 73.9 Å². The number of halogens is 1. The van der Waals surface area contributed by atoms with Gasteiger partial charge in [-0.2, -0.15) is 0 Å². The second kappa shape index (κ2) is 11.4. The van der Waals surface area contributed by atoms with Crippen LogP contribution in [-0.4, -0.2) is 15.0 Å². The minimum absolute atomic E-state index is 0.399. The van der Waals surface area contributed by atoms with Gasteiger partial charge in [-0.15, -0.1) is 0 Å². The quantitative estimate of drug-likeness (QED) is 0.206. The molecule has 40 heavy (non-hydrogen) atoms. The minimum Gasteiger partial charge on any atom is -0.487 e. The van der Waals surface area contributed by atoms with Crippen LogP contribution in [0.25, 0.3) is 45.3 Å². The summed E-state index contributed by atoms with van der Waals surface area (Å²) in [4.78, 5) is 14.4. The first kappa shape index (κ1) is 25.3. The van der Waals surface area contributed by atoms with Gasteiger partial charge in [0.25, 0.3) is 0 Å². The first-order valence-corrected chi connectivity index (χ1v) is 13.2. The highest BCUT2D eigenvalue weighted by Gasteiger charge is 2.13. The van der Waals surface area contributed by atoms with Crippen LogP contribution in [0.2, 0.25) is 5.02 Å². The molecule has 0 unspecified atom stereocenters. The molecule has 0 bridgehead atoms. The fraction of sp³-hybridized carbons (Fsp3) is 0.0294. The van der Waals surface area contributed by atoms with Gasteiger partial charge in [0.15, 0.2) is 17.5 Å². The van der Waals surface area contributed by atoms with E-state index in [1.54, 1.807) is 0 Å². The van der Waals surface area contributed by atoms with Crippen molar-refractivity contribution in [3.63, 3.8) is 0 Å². The number of hydrogen-bond acceptors (Lipinski definition) is 5. The SMILES string of the molecule is Nc1ccc(-c2ccc(-c3nc(-c4ccccc4)nc(-c4ccccc4)n3)cc2)cc1OCc1ccc(Cl)cc1. The molecule has 0 radical (unpaired) electrons. The smallest absolute Gasteiger partial charge is 0.164 e. The second-order valence-corrected chi connectivity index (χ2v) is 9.72. The van der Waals surface area contributed by atoms with E-state index in [1.807, 2.05) is 115 Å². The summed E-state index contributed by atoms with van der Waals surface area (Å²) >= 11 is 5.99. The van der Waals surface area contributed by atoms with Crippen molar-refractivity contribution in [3.8, 4) is 51.0 Å². The van der Waals surface area contributed by atoms with Crippen molar-refractivity contribution in [1.82, 2.24) is 15.0 Å². The van der Waals surface area contributed by atoms with Crippen LogP contribution in [0.5, 0.6) is 5.75 Å². The van der Waals surface area contributed by atoms with Crippen LogP contribution in [0.4, 0.5) is 5.69 Å². The van der Waals surface area contributed by atoms with E-state index < -0.39 is 0 Å². The maximum Gasteiger partial charge on any atom is 0.164 e. The zero-order chi connectivity index (χ0) is 27.3. The van der Waals surface area contributed by atoms with Gasteiger partial charge in [0.1, 0.15) is 12.4 Å². The lowest BCUT2D eigenvalue weighted by Crippen LogP contribution is -2.00. The number of anilines is 1. The van der Waals surface area contributed by atoms with Crippen molar-refractivity contribution < 1.29 is 4.74 Å². The molecule has 194 valence electrons. The lowest BCUT2D eigenvalue weighted by Gasteiger charge is -2.12. The molecular weight excluding hydrogens is 516 g/mol. The number of rotatable bonds is 7. The van der Waals surface area contributed by atoms with Crippen LogP contribution < -0.4 is 10.5 Å². The Hall–Kier alpha value is -5.00. The maximum absolute atomic E-state index is 6.21. The van der Waals surface area contributed by atoms with Gasteiger partial charge in [0.2, 0.25) is 0 Å². The molecule has 6 aromatic rings. The van der Waals surface area contributed by atoms with Crippen molar-refractivity contribution in [2.75, 3.05) is 5.73 Å². The Morgan fingerprint density at radius 1 is 0.525 bits per heavy atom. The summed E-state index contributed by atoms with van der Waals surface area (Å²) < 4.78 is 6.03. The van der Waals surface area contributed by atoms with Crippen LogP contribution in [0, 0.1) is 0 Å². The largest absolute Gasteiger partial charge is 0.487 e. The van der Waals surface area contributed by atoms with E-state index in [1.165, 1.54) is 0 Å². The molecule has 5 aromatic carbocycles. The average molecular weight is 541 g/mol. The summed E-state index contributed by atoms with van der Waals surface area (Å²) in [5, 5.41) is 0.693. The molecule has 0 aliphatic rings. The number of nitrogens with zero attached hydrogens (tertiary/aromatic N) is 3. The highest BCUT2D eigenvalue weighted by atomic mass is 35.5. The fourth-order valence-electron chi connectivity index (χ4n) is 4.33. The molecule has 0 saturated carbocycles. The monoisotopic (exact) mass is 540 g/mol. The van der Waals surface area contributed by atoms with Gasteiger partial charge < -0.3 is 10.5 Å². The molecule has 6 rings (SSSR count). The van der Waals surface area contributed by atoms with Gasteiger partial charge in [-0.3, -0.25) is 0 Å². The standard InChI is InChI=1S/C34H25ClN4O/c35-29-18-11-23(12-19-29)22-40-31-21-28(17-20-30(31)36)24-13-15-27(16-14-24)34-38-32(25-7-3-1-4-8-25)37-33(39-34)26-9-5-2-6-10-26/h1-21H,22,36H2. The Kier molecular flexibility index (Phi) is 7.20. The van der Waals surface area contributed by atoms with E-state index in [0.717, 1.165) is 33.4 Å². The molecule has 0 atom stereocenters. The van der Waals surface area contributed by atoms with Crippen molar-refractivity contribution in [2.45, 2.75) is 6.61 Å². The van der Waals surface area contributed by atoms with E-state index in [-0.39, 0.29) is 0 Å². The summed E-state index contributed by atoms with van der Waals surface area (Å²) in [5.74, 6) is 2.52. The molecule has 0 saturated heterocycles. The zero-order valence-corrected chi connectivity index (χ0v) is 22.3. The third kappa shape index (κ3) is 5.70. The number of hydrogen-bond donors (Lipinski definition) is 1. The zero-order valence-electron chi connectivity index (χ0n) is 21.5. The summed E-state index contributed by atoms with van der Waals surface area (Å²) in [6.45, 7) is 0.399. The summed E-state index contributed by atoms with van der Waals surface area (Å²) in [5.41, 5.74) is 12.6. The van der Waals surface area contributed by atoms with Gasteiger partial charge in [-0.25, -0.2) is 15.0 Å². The van der Waals surface area contributed by atoms with Crippen molar-refractivity contribution in [2.24, 2.45) is 0 Å². The van der Waals surface area contributed by atoms with Crippen LogP contribution in [0.3, 0.4) is 0 Å². The lowest BCUT2D eigenvalue weighted by atomic mass is 10.0. The normalized spacial score (nSPS) is 10.8. The number of nitrogens with two attached hydrogens (primary N) is 1. The Bertz CT molecular complexity index is 1680. The molecule has 0 amide bonds. The molecule has 5 nitrogen and oxygen atoms in total. The van der Waals surface area contributed by atoms with Crippen LogP contribution >= 0.6 is 11.6 Å². The molecular formula is C34H25ClN4O. The predicted molar refractivity (Wildman–Crippen MR) is 162 cm³/mol. The molecule has 0 aliphatic carbocycles. The highest BCUT2D eigenvalue weighted by Crippen LogP contribution is 2.31. The molecule has 0 fully saturated rings. The minimum atomic E-state index is 0.399. The maximum atomic E-state index is 6.21. The summed E-state index contributed by atoms with van der Waals surface area (Å²) in [7, 11) is 0. The first-order valence-electron chi connectivity index (χ1n) is 12.9. The van der Waals surface area contributed by atoms with Gasteiger partial charge in [0.05, 0.1) is 5.69 Å². The first-order chi connectivity index (χ1) is 19.6. The Morgan fingerprint density at radius 3 is 1.55 bits per heavy atom. The molecule has 2 N–H and O–H groups in total. The van der Waals surface area contributed by atoms with Gasteiger partial charge in [0, 0.05) is 21.7 Å². The molecule has 1 heterocycles. The van der Waals surface area contributed by atoms with Crippen LogP contribution in [-0.2, 0) is 6.61 Å². The number of aromatic nitrogens is 3. The molecule has 0 aliphatic heterocycles. The molecule has 0 spiro atoms. The van der Waals surface area contributed by atoms with Crippen molar-refractivity contribution in [3.05, 3.63) is 138 Å². The number of nitrogen functional groups attached to an aromatic ring is 1. The molecule has 1 aromatic heterocycles. The van der Waals surface area contributed by atoms with E-state index in [9.17, 15) is 0 Å². The third-order valence-electron chi connectivity index (χ3n) is 6.50. The Balaban J connectivity index is 1.30. The predicted octanol–water partition coefficient (Wildman–Crippen LogP) is 8.35. The van der Waals surface area contributed by atoms with Gasteiger partial charge >= 0.3 is 0 Å². The van der Waals surface area contributed by atoms with E-state index in [4.69, 9.17) is 37.0 Å². The van der Waals surface area contributed by atoms with E-state index in [2.05, 4.69) is 12.1 Å². The summed E-state index contributed by atoms with van der Waals surface area (Å²) in [6.07, 6.45) is 0. The van der Waals surface area contributed by atoms with Gasteiger partial charge in [-0.1, -0.05) is 115 Å². The van der Waals surface area contributed by atoms with Gasteiger partial charge in [-0.05, 0) is 41.0 Å². The van der Waals surface area contributed by atoms with E-state index in [0.29, 0.717) is 40.5 Å². The number of ether oxygens (including phenoxy) is 1. The third-order valence-corrected chi connectivity index (χ3v) is 6.75. The van der Waals surface area contributed by atoms with E-state index >= 15 is 0 Å². The Morgan fingerprint density at radius 2 is 1.00 bits per heavy atom. The lowest BCUT2D eigenvalue weighted by molar-refractivity contribution is 0.308. The highest BCUT2D eigenvalue weighted by molar-refractivity contribution is 6.30. The molecule has 6 heteroatoms. The fourth-order valence-corrected chi connectivity index (χ4v) is 4.46. The summed E-state index contributed by atoms with van der Waals surface area (Å²) in [6, 6.07) is 41.5. The van der Waals surface area contributed by atoms with Crippen LogP contribution in [0.1, 0.15) is 5.56 Å². The van der Waals surface area contributed by atoms with Crippen molar-refractivity contribution in [1.29, 1.82) is 0 Å². The van der Waals surface area contributed by atoms with Crippen LogP contribution in [0.15, 0.2) is 127 Å². The number of benzene rings is 5.